The van der Waals surface area contributed by atoms with E-state index < -0.39 is 35.8 Å². The van der Waals surface area contributed by atoms with E-state index in [9.17, 15) is 28.3 Å². The Morgan fingerprint density at radius 3 is 2.55 bits per heavy atom. The van der Waals surface area contributed by atoms with Crippen molar-refractivity contribution in [3.63, 3.8) is 0 Å². The number of carbonyl (C=O) groups is 1. The van der Waals surface area contributed by atoms with Crippen LogP contribution in [0.15, 0.2) is 70.3 Å². The fraction of sp³-hybridized carbons (Fsp3) is 0.222. The molecule has 1 saturated carbocycles. The Kier molecular flexibility index (Phi) is 7.60. The van der Waals surface area contributed by atoms with E-state index in [1.165, 1.54) is 34.9 Å². The van der Waals surface area contributed by atoms with Crippen LogP contribution in [0.5, 0.6) is 11.6 Å². The van der Waals surface area contributed by atoms with E-state index >= 15 is 0 Å². The van der Waals surface area contributed by atoms with Gasteiger partial charge in [-0.05, 0) is 48.2 Å². The molecule has 0 bridgehead atoms. The van der Waals surface area contributed by atoms with Gasteiger partial charge in [0.2, 0.25) is 11.8 Å². The van der Waals surface area contributed by atoms with Crippen LogP contribution < -0.4 is 21.4 Å². The first-order chi connectivity index (χ1) is 19.2. The Morgan fingerprint density at radius 1 is 1.10 bits per heavy atom. The van der Waals surface area contributed by atoms with E-state index in [4.69, 9.17) is 16.3 Å². The number of rotatable bonds is 10. The number of nitrogens with zero attached hydrogens (tertiary/aromatic N) is 4. The lowest BCUT2D eigenvalue weighted by atomic mass is 10.2. The maximum Gasteiger partial charge on any atom is 0.354 e. The Morgan fingerprint density at radius 2 is 1.88 bits per heavy atom. The number of alkyl halides is 1. The molecule has 0 aliphatic heterocycles. The minimum absolute atomic E-state index is 0.00109. The van der Waals surface area contributed by atoms with Gasteiger partial charge in [0.05, 0.1) is 18.2 Å². The van der Waals surface area contributed by atoms with Crippen LogP contribution in [-0.4, -0.2) is 30.2 Å². The van der Waals surface area contributed by atoms with Gasteiger partial charge in [0.15, 0.2) is 11.6 Å². The van der Waals surface area contributed by atoms with Crippen molar-refractivity contribution in [2.24, 2.45) is 11.8 Å². The van der Waals surface area contributed by atoms with Crippen LogP contribution >= 0.6 is 11.6 Å². The molecule has 1 fully saturated rings. The number of carboxylic acids is 1. The van der Waals surface area contributed by atoms with Crippen LogP contribution in [0.2, 0.25) is 5.02 Å². The topological polar surface area (TPSA) is 128 Å². The summed E-state index contributed by atoms with van der Waals surface area (Å²) in [6.07, 6.45) is 0.361. The number of aromatic nitrogens is 4. The molecule has 0 spiro atoms. The minimum atomic E-state index is -0.980. The van der Waals surface area contributed by atoms with E-state index in [-0.39, 0.29) is 48.0 Å². The molecule has 206 valence electrons. The van der Waals surface area contributed by atoms with E-state index in [2.05, 4.69) is 15.3 Å². The molecule has 13 heteroatoms. The molecule has 2 atom stereocenters. The summed E-state index contributed by atoms with van der Waals surface area (Å²) in [5, 5.41) is 12.5. The highest BCUT2D eigenvalue weighted by molar-refractivity contribution is 6.30. The van der Waals surface area contributed by atoms with E-state index in [0.717, 1.165) is 10.6 Å². The maximum atomic E-state index is 14.9. The lowest BCUT2D eigenvalue weighted by molar-refractivity contribution is -0.138. The summed E-state index contributed by atoms with van der Waals surface area (Å²) in [4.78, 5) is 45.5. The largest absolute Gasteiger partial charge is 0.481 e. The molecule has 2 aromatic carbocycles. The zero-order valence-corrected chi connectivity index (χ0v) is 21.5. The van der Waals surface area contributed by atoms with Gasteiger partial charge in [0.25, 0.3) is 0 Å². The Labute approximate surface area is 230 Å². The zero-order chi connectivity index (χ0) is 28.4. The van der Waals surface area contributed by atoms with Crippen molar-refractivity contribution in [3.05, 3.63) is 104 Å². The SMILES string of the molecule is O=C(O)[C@@H]1C[C@H]1Cn1c(=O)nc(Nc2ccc(Oc3cccc(CF)n3)c(F)c2)n(Cc2ccc(Cl)cc2)c1=O. The van der Waals surface area contributed by atoms with Gasteiger partial charge in [-0.1, -0.05) is 29.8 Å². The number of benzene rings is 2. The Bertz CT molecular complexity index is 1690. The molecule has 1 aliphatic rings. The van der Waals surface area contributed by atoms with Crippen LogP contribution in [-0.2, 0) is 24.6 Å². The molecule has 0 amide bonds. The van der Waals surface area contributed by atoms with Crippen LogP contribution in [0.25, 0.3) is 0 Å². The van der Waals surface area contributed by atoms with Crippen molar-refractivity contribution >= 4 is 29.2 Å². The number of carboxylic acid groups (broad SMARTS) is 1. The van der Waals surface area contributed by atoms with Gasteiger partial charge >= 0.3 is 17.3 Å². The lowest BCUT2D eigenvalue weighted by Crippen LogP contribution is -2.43. The summed E-state index contributed by atoms with van der Waals surface area (Å²) < 4.78 is 35.3. The molecule has 10 nitrogen and oxygen atoms in total. The molecule has 0 saturated heterocycles. The molecule has 0 unspecified atom stereocenters. The number of nitrogens with one attached hydrogen (secondary N) is 1. The summed E-state index contributed by atoms with van der Waals surface area (Å²) in [6.45, 7) is -0.882. The fourth-order valence-electron chi connectivity index (χ4n) is 4.17. The molecule has 0 radical (unpaired) electrons. The third-order valence-electron chi connectivity index (χ3n) is 6.38. The average molecular weight is 570 g/mol. The van der Waals surface area contributed by atoms with Gasteiger partial charge < -0.3 is 15.2 Å². The first-order valence-corrected chi connectivity index (χ1v) is 12.5. The number of pyridine rings is 1. The van der Waals surface area contributed by atoms with Crippen molar-refractivity contribution in [2.75, 3.05) is 5.32 Å². The average Bonchev–Trinajstić information content (AvgIpc) is 3.71. The molecule has 5 rings (SSSR count). The molecule has 2 aromatic heterocycles. The van der Waals surface area contributed by atoms with E-state index in [1.807, 2.05) is 0 Å². The van der Waals surface area contributed by atoms with E-state index in [1.54, 1.807) is 24.3 Å². The third kappa shape index (κ3) is 6.01. The number of anilines is 2. The molecular formula is C27H22ClF2N5O5. The summed E-state index contributed by atoms with van der Waals surface area (Å²) in [5.41, 5.74) is -0.592. The molecule has 40 heavy (non-hydrogen) atoms. The van der Waals surface area contributed by atoms with Crippen LogP contribution in [0.3, 0.4) is 0 Å². The molecule has 2 N–H and O–H groups in total. The van der Waals surface area contributed by atoms with Crippen molar-refractivity contribution in [1.29, 1.82) is 0 Å². The first kappa shape index (κ1) is 27.0. The smallest absolute Gasteiger partial charge is 0.354 e. The third-order valence-corrected chi connectivity index (χ3v) is 6.63. The fourth-order valence-corrected chi connectivity index (χ4v) is 4.30. The lowest BCUT2D eigenvalue weighted by Gasteiger charge is -2.16. The second kappa shape index (κ2) is 11.3. The van der Waals surface area contributed by atoms with Gasteiger partial charge in [-0.15, -0.1) is 0 Å². The van der Waals surface area contributed by atoms with Crippen LogP contribution in [0.4, 0.5) is 20.4 Å². The molecule has 2 heterocycles. The van der Waals surface area contributed by atoms with Gasteiger partial charge in [-0.3, -0.25) is 9.36 Å². The number of ether oxygens (including phenoxy) is 1. The van der Waals surface area contributed by atoms with Crippen molar-refractivity contribution in [3.8, 4) is 11.6 Å². The van der Waals surface area contributed by atoms with Gasteiger partial charge in [0.1, 0.15) is 6.67 Å². The summed E-state index contributed by atoms with van der Waals surface area (Å²) in [6, 6.07) is 15.0. The highest BCUT2D eigenvalue weighted by Crippen LogP contribution is 2.39. The summed E-state index contributed by atoms with van der Waals surface area (Å²) >= 11 is 5.97. The second-order valence-electron chi connectivity index (χ2n) is 9.24. The van der Waals surface area contributed by atoms with Crippen LogP contribution in [0.1, 0.15) is 17.7 Å². The quantitative estimate of drug-likeness (QED) is 0.288. The summed E-state index contributed by atoms with van der Waals surface area (Å²) in [5.74, 6) is -3.04. The maximum absolute atomic E-state index is 14.9. The minimum Gasteiger partial charge on any atom is -0.481 e. The highest BCUT2D eigenvalue weighted by Gasteiger charge is 2.43. The molecular weight excluding hydrogens is 548 g/mol. The normalized spacial score (nSPS) is 16.0. The van der Waals surface area contributed by atoms with E-state index in [0.29, 0.717) is 17.0 Å². The number of hydrogen-bond acceptors (Lipinski definition) is 7. The Balaban J connectivity index is 1.45. The van der Waals surface area contributed by atoms with Crippen molar-refractivity contribution in [1.82, 2.24) is 19.1 Å². The molecule has 1 aliphatic carbocycles. The van der Waals surface area contributed by atoms with Gasteiger partial charge in [-0.2, -0.15) is 4.98 Å². The van der Waals surface area contributed by atoms with Crippen molar-refractivity contribution in [2.45, 2.75) is 26.2 Å². The predicted molar refractivity (Wildman–Crippen MR) is 141 cm³/mol. The molecule has 4 aromatic rings. The second-order valence-corrected chi connectivity index (χ2v) is 9.67. The van der Waals surface area contributed by atoms with Crippen molar-refractivity contribution < 1.29 is 23.4 Å². The summed E-state index contributed by atoms with van der Waals surface area (Å²) in [7, 11) is 0. The number of halogens is 3. The van der Waals surface area contributed by atoms with Crippen LogP contribution in [0, 0.1) is 17.7 Å². The number of aliphatic carboxylic acids is 1. The number of hydrogen-bond donors (Lipinski definition) is 2. The highest BCUT2D eigenvalue weighted by atomic mass is 35.5. The van der Waals surface area contributed by atoms with Gasteiger partial charge in [0, 0.05) is 29.4 Å². The first-order valence-electron chi connectivity index (χ1n) is 12.2. The zero-order valence-electron chi connectivity index (χ0n) is 20.8. The van der Waals surface area contributed by atoms with Gasteiger partial charge in [-0.25, -0.2) is 27.9 Å². The Hall–Kier alpha value is -4.58. The predicted octanol–water partition coefficient (Wildman–Crippen LogP) is 4.37. The standard InChI is InChI=1S/C27H22ClF2N5O5/c28-17-6-4-15(5-7-17)13-34-25(33-26(38)35(27(34)39)14-16-10-20(16)24(36)37)32-18-8-9-22(21(30)11-18)40-23-3-1-2-19(12-29)31-23/h1-9,11,16,20H,10,12-14H2,(H,36,37)(H,32,33,38)/t16-,20+/m0/s1. The monoisotopic (exact) mass is 569 g/mol.